The molecule has 0 aliphatic heterocycles. The standard InChI is InChI=1S/C7H6O2.C5H10Cl2O/c8-7(9)6-4-2-1-3-5-6;1-5(2-6,3-7)4-8/h1-5H,(H,8,9);8H,2-4H2,1H3. The van der Waals surface area contributed by atoms with Crippen molar-refractivity contribution in [1.82, 2.24) is 0 Å². The van der Waals surface area contributed by atoms with Crippen LogP contribution in [0.25, 0.3) is 0 Å². The van der Waals surface area contributed by atoms with Gasteiger partial charge >= 0.3 is 5.97 Å². The normalized spacial score (nSPS) is 10.4. The summed E-state index contributed by atoms with van der Waals surface area (Å²) in [6, 6.07) is 8.30. The van der Waals surface area contributed by atoms with Crippen LogP contribution < -0.4 is 0 Å². The molecule has 2 N–H and O–H groups in total. The van der Waals surface area contributed by atoms with Gasteiger partial charge in [0.1, 0.15) is 0 Å². The van der Waals surface area contributed by atoms with Gasteiger partial charge in [0.05, 0.1) is 12.2 Å². The summed E-state index contributed by atoms with van der Waals surface area (Å²) in [5, 5.41) is 17.0. The minimum absolute atomic E-state index is 0.0556. The molecule has 0 spiro atoms. The first-order valence-electron chi connectivity index (χ1n) is 5.00. The number of carboxylic acid groups (broad SMARTS) is 1. The Morgan fingerprint density at radius 2 is 1.71 bits per heavy atom. The van der Waals surface area contributed by atoms with E-state index in [1.165, 1.54) is 0 Å². The first-order chi connectivity index (χ1) is 7.99. The zero-order chi connectivity index (χ0) is 13.3. The fourth-order valence-electron chi connectivity index (χ4n) is 0.701. The van der Waals surface area contributed by atoms with Crippen molar-refractivity contribution in [2.45, 2.75) is 6.92 Å². The van der Waals surface area contributed by atoms with Gasteiger partial charge in [-0.05, 0) is 12.1 Å². The van der Waals surface area contributed by atoms with Gasteiger partial charge in [0.25, 0.3) is 0 Å². The molecule has 1 aromatic carbocycles. The highest BCUT2D eigenvalue weighted by Crippen LogP contribution is 2.18. The van der Waals surface area contributed by atoms with Crippen molar-refractivity contribution in [2.75, 3.05) is 18.4 Å². The van der Waals surface area contributed by atoms with E-state index in [4.69, 9.17) is 33.4 Å². The van der Waals surface area contributed by atoms with E-state index in [1.807, 2.05) is 6.92 Å². The average molecular weight is 279 g/mol. The maximum atomic E-state index is 10.2. The molecule has 0 aliphatic carbocycles. The third kappa shape index (κ3) is 6.51. The minimum atomic E-state index is -0.879. The van der Waals surface area contributed by atoms with Crippen LogP contribution in [-0.2, 0) is 0 Å². The van der Waals surface area contributed by atoms with Gasteiger partial charge < -0.3 is 10.2 Å². The highest BCUT2D eigenvalue weighted by atomic mass is 35.5. The van der Waals surface area contributed by atoms with Gasteiger partial charge in [0.15, 0.2) is 0 Å². The van der Waals surface area contributed by atoms with E-state index in [1.54, 1.807) is 30.3 Å². The van der Waals surface area contributed by atoms with Crippen molar-refractivity contribution in [3.63, 3.8) is 0 Å². The number of hydrogen-bond donors (Lipinski definition) is 2. The molecule has 0 aliphatic rings. The second-order valence-corrected chi connectivity index (χ2v) is 4.44. The van der Waals surface area contributed by atoms with Crippen LogP contribution in [-0.4, -0.2) is 34.5 Å². The fourth-order valence-corrected chi connectivity index (χ4v) is 1.16. The Morgan fingerprint density at radius 1 is 1.24 bits per heavy atom. The number of carboxylic acids is 1. The summed E-state index contributed by atoms with van der Waals surface area (Å²) in [7, 11) is 0. The molecule has 0 fully saturated rings. The van der Waals surface area contributed by atoms with E-state index in [9.17, 15) is 4.79 Å². The lowest BCUT2D eigenvalue weighted by molar-refractivity contribution is 0.0697. The summed E-state index contributed by atoms with van der Waals surface area (Å²) >= 11 is 10.9. The molecule has 1 aromatic rings. The van der Waals surface area contributed by atoms with Gasteiger partial charge in [-0.1, -0.05) is 25.1 Å². The number of halogens is 2. The molecule has 0 saturated heterocycles. The fraction of sp³-hybridized carbons (Fsp3) is 0.417. The maximum Gasteiger partial charge on any atom is 0.335 e. The molecule has 0 amide bonds. The lowest BCUT2D eigenvalue weighted by Crippen LogP contribution is -2.24. The van der Waals surface area contributed by atoms with E-state index in [2.05, 4.69) is 0 Å². The zero-order valence-electron chi connectivity index (χ0n) is 9.57. The molecule has 0 saturated carbocycles. The van der Waals surface area contributed by atoms with Gasteiger partial charge in [-0.25, -0.2) is 4.79 Å². The van der Waals surface area contributed by atoms with Crippen molar-refractivity contribution in [3.8, 4) is 0 Å². The number of aliphatic hydroxyl groups is 1. The lowest BCUT2D eigenvalue weighted by atomic mass is 9.98. The van der Waals surface area contributed by atoms with Crippen molar-refractivity contribution in [3.05, 3.63) is 35.9 Å². The molecule has 0 aromatic heterocycles. The number of carbonyl (C=O) groups is 1. The summed E-state index contributed by atoms with van der Waals surface area (Å²) in [5.41, 5.74) is 0.0424. The second-order valence-electron chi connectivity index (χ2n) is 3.91. The third-order valence-electron chi connectivity index (χ3n) is 2.05. The first kappa shape index (κ1) is 16.2. The van der Waals surface area contributed by atoms with Crippen molar-refractivity contribution in [1.29, 1.82) is 0 Å². The molecular formula is C12H16Cl2O3. The summed E-state index contributed by atoms with van der Waals surface area (Å²) in [4.78, 5) is 10.2. The maximum absolute atomic E-state index is 10.2. The Morgan fingerprint density at radius 3 is 1.88 bits per heavy atom. The number of rotatable bonds is 4. The van der Waals surface area contributed by atoms with Crippen LogP contribution in [0.3, 0.4) is 0 Å². The van der Waals surface area contributed by atoms with Crippen LogP contribution >= 0.6 is 23.2 Å². The van der Waals surface area contributed by atoms with Crippen LogP contribution in [0.5, 0.6) is 0 Å². The quantitative estimate of drug-likeness (QED) is 0.833. The number of alkyl halides is 2. The smallest absolute Gasteiger partial charge is 0.335 e. The predicted molar refractivity (Wildman–Crippen MR) is 70.0 cm³/mol. The molecule has 0 heterocycles. The van der Waals surface area contributed by atoms with Gasteiger partial charge in [-0.3, -0.25) is 0 Å². The highest BCUT2D eigenvalue weighted by molar-refractivity contribution is 6.21. The largest absolute Gasteiger partial charge is 0.478 e. The van der Waals surface area contributed by atoms with Crippen LogP contribution in [0, 0.1) is 5.41 Å². The van der Waals surface area contributed by atoms with Gasteiger partial charge in [0, 0.05) is 17.2 Å². The molecule has 0 radical (unpaired) electrons. The Hall–Kier alpha value is -0.770. The van der Waals surface area contributed by atoms with E-state index in [-0.39, 0.29) is 12.0 Å². The van der Waals surface area contributed by atoms with E-state index < -0.39 is 5.97 Å². The van der Waals surface area contributed by atoms with E-state index in [0.717, 1.165) is 0 Å². The van der Waals surface area contributed by atoms with E-state index in [0.29, 0.717) is 17.3 Å². The summed E-state index contributed by atoms with van der Waals surface area (Å²) < 4.78 is 0. The van der Waals surface area contributed by atoms with Gasteiger partial charge in [-0.2, -0.15) is 0 Å². The second kappa shape index (κ2) is 8.34. The predicted octanol–water partition coefficient (Wildman–Crippen LogP) is 2.85. The van der Waals surface area contributed by atoms with Gasteiger partial charge in [0.2, 0.25) is 0 Å². The molecule has 0 unspecified atom stereocenters. The van der Waals surface area contributed by atoms with Crippen molar-refractivity contribution in [2.24, 2.45) is 5.41 Å². The summed E-state index contributed by atoms with van der Waals surface area (Å²) in [6.45, 7) is 1.90. The monoisotopic (exact) mass is 278 g/mol. The number of benzene rings is 1. The van der Waals surface area contributed by atoms with Crippen LogP contribution in [0.2, 0.25) is 0 Å². The van der Waals surface area contributed by atoms with Crippen molar-refractivity contribution >= 4 is 29.2 Å². The Bertz CT molecular complexity index is 316. The Balaban J connectivity index is 0.000000304. The van der Waals surface area contributed by atoms with Crippen LogP contribution in [0.15, 0.2) is 30.3 Å². The van der Waals surface area contributed by atoms with Crippen LogP contribution in [0.4, 0.5) is 0 Å². The van der Waals surface area contributed by atoms with Gasteiger partial charge in [-0.15, -0.1) is 23.2 Å². The zero-order valence-corrected chi connectivity index (χ0v) is 11.1. The highest BCUT2D eigenvalue weighted by Gasteiger charge is 2.19. The topological polar surface area (TPSA) is 57.5 Å². The van der Waals surface area contributed by atoms with Crippen molar-refractivity contribution < 1.29 is 15.0 Å². The molecule has 17 heavy (non-hydrogen) atoms. The minimum Gasteiger partial charge on any atom is -0.478 e. The third-order valence-corrected chi connectivity index (χ3v) is 3.34. The average Bonchev–Trinajstić information content (AvgIpc) is 2.39. The Labute approximate surface area is 111 Å². The molecule has 96 valence electrons. The molecular weight excluding hydrogens is 263 g/mol. The molecule has 1 rings (SSSR count). The SMILES string of the molecule is CC(CO)(CCl)CCl.O=C(O)c1ccccc1. The molecule has 0 atom stereocenters. The summed E-state index contributed by atoms with van der Waals surface area (Å²) in [5.74, 6) is -0.0596. The lowest BCUT2D eigenvalue weighted by Gasteiger charge is -2.19. The first-order valence-corrected chi connectivity index (χ1v) is 6.07. The molecule has 0 bridgehead atoms. The number of aromatic carboxylic acids is 1. The van der Waals surface area contributed by atoms with Crippen LogP contribution in [0.1, 0.15) is 17.3 Å². The summed E-state index contributed by atoms with van der Waals surface area (Å²) in [6.07, 6.45) is 0. The Kier molecular flexibility index (Phi) is 7.96. The van der Waals surface area contributed by atoms with E-state index >= 15 is 0 Å². The molecule has 3 nitrogen and oxygen atoms in total. The number of aliphatic hydroxyl groups excluding tert-OH is 1. The number of hydrogen-bond acceptors (Lipinski definition) is 2. The molecule has 5 heteroatoms.